The van der Waals surface area contributed by atoms with Crippen molar-refractivity contribution in [2.45, 2.75) is 6.92 Å². The second-order valence-electron chi connectivity index (χ2n) is 4.77. The molecule has 0 aliphatic heterocycles. The van der Waals surface area contributed by atoms with E-state index in [2.05, 4.69) is 15.3 Å². The maximum absolute atomic E-state index is 13.3. The van der Waals surface area contributed by atoms with Crippen LogP contribution in [-0.4, -0.2) is 15.9 Å². The molecule has 2 heterocycles. The standard InChI is InChI=1S/C16H11ClFN3O/c1-9-13(7-10-6-12(18)3-4-14(10)20-9)16(22)21-15-5-2-11(17)8-19-15/h2-8H,1H3,(H,19,21,22). The zero-order valence-corrected chi connectivity index (χ0v) is 12.4. The van der Waals surface area contributed by atoms with Crippen LogP contribution in [0.3, 0.4) is 0 Å². The van der Waals surface area contributed by atoms with Gasteiger partial charge in [0.1, 0.15) is 11.6 Å². The van der Waals surface area contributed by atoms with E-state index in [-0.39, 0.29) is 11.7 Å². The Morgan fingerprint density at radius 3 is 2.77 bits per heavy atom. The Hall–Kier alpha value is -2.53. The van der Waals surface area contributed by atoms with E-state index in [1.165, 1.54) is 18.3 Å². The van der Waals surface area contributed by atoms with Crippen molar-refractivity contribution in [1.29, 1.82) is 0 Å². The summed E-state index contributed by atoms with van der Waals surface area (Å²) in [6.45, 7) is 1.73. The van der Waals surface area contributed by atoms with Crippen LogP contribution in [0.2, 0.25) is 5.02 Å². The molecule has 2 aromatic heterocycles. The fourth-order valence-electron chi connectivity index (χ4n) is 2.11. The van der Waals surface area contributed by atoms with Gasteiger partial charge in [0.2, 0.25) is 0 Å². The third-order valence-electron chi connectivity index (χ3n) is 3.18. The highest BCUT2D eigenvalue weighted by atomic mass is 35.5. The van der Waals surface area contributed by atoms with Crippen molar-refractivity contribution in [2.75, 3.05) is 5.32 Å². The lowest BCUT2D eigenvalue weighted by molar-refractivity contribution is 0.102. The SMILES string of the molecule is Cc1nc2ccc(F)cc2cc1C(=O)Nc1ccc(Cl)cn1. The lowest BCUT2D eigenvalue weighted by Gasteiger charge is -2.08. The minimum atomic E-state index is -0.371. The number of pyridine rings is 2. The molecule has 0 aliphatic carbocycles. The number of benzene rings is 1. The molecule has 0 unspecified atom stereocenters. The van der Waals surface area contributed by atoms with Gasteiger partial charge in [-0.25, -0.2) is 9.37 Å². The number of aromatic nitrogens is 2. The number of rotatable bonds is 2. The molecule has 0 saturated heterocycles. The molecule has 0 atom stereocenters. The summed E-state index contributed by atoms with van der Waals surface area (Å²) in [6, 6.07) is 9.12. The number of carbonyl (C=O) groups excluding carboxylic acids is 1. The van der Waals surface area contributed by atoms with Gasteiger partial charge in [0.25, 0.3) is 5.91 Å². The van der Waals surface area contributed by atoms with Gasteiger partial charge in [0, 0.05) is 11.6 Å². The van der Waals surface area contributed by atoms with Gasteiger partial charge in [0.15, 0.2) is 0 Å². The predicted octanol–water partition coefficient (Wildman–Crippen LogP) is 3.98. The average molecular weight is 316 g/mol. The summed E-state index contributed by atoms with van der Waals surface area (Å²) in [4.78, 5) is 20.7. The molecule has 0 saturated carbocycles. The first-order valence-electron chi connectivity index (χ1n) is 6.53. The fraction of sp³-hybridized carbons (Fsp3) is 0.0625. The van der Waals surface area contributed by atoms with Crippen molar-refractivity contribution < 1.29 is 9.18 Å². The molecule has 110 valence electrons. The van der Waals surface area contributed by atoms with Crippen molar-refractivity contribution in [3.05, 3.63) is 64.7 Å². The molecule has 0 aliphatic rings. The first-order valence-corrected chi connectivity index (χ1v) is 6.90. The van der Waals surface area contributed by atoms with Gasteiger partial charge in [-0.3, -0.25) is 9.78 Å². The molecule has 0 spiro atoms. The van der Waals surface area contributed by atoms with Gasteiger partial charge in [-0.15, -0.1) is 0 Å². The summed E-state index contributed by atoms with van der Waals surface area (Å²) >= 11 is 5.75. The molecule has 22 heavy (non-hydrogen) atoms. The van der Waals surface area contributed by atoms with Crippen LogP contribution in [0.15, 0.2) is 42.6 Å². The minimum absolute atomic E-state index is 0.356. The topological polar surface area (TPSA) is 54.9 Å². The van der Waals surface area contributed by atoms with Gasteiger partial charge < -0.3 is 5.32 Å². The molecule has 0 bridgehead atoms. The number of fused-ring (bicyclic) bond motifs is 1. The third kappa shape index (κ3) is 2.89. The van der Waals surface area contributed by atoms with Crippen molar-refractivity contribution in [3.63, 3.8) is 0 Å². The zero-order chi connectivity index (χ0) is 15.7. The molecule has 6 heteroatoms. The number of anilines is 1. The summed E-state index contributed by atoms with van der Waals surface area (Å²) in [6.07, 6.45) is 1.44. The molecular weight excluding hydrogens is 305 g/mol. The predicted molar refractivity (Wildman–Crippen MR) is 83.6 cm³/mol. The molecule has 1 aromatic carbocycles. The molecule has 1 amide bonds. The minimum Gasteiger partial charge on any atom is -0.307 e. The number of nitrogens with one attached hydrogen (secondary N) is 1. The molecule has 1 N–H and O–H groups in total. The van der Waals surface area contributed by atoms with E-state index >= 15 is 0 Å². The number of halogens is 2. The van der Waals surface area contributed by atoms with Crippen molar-refractivity contribution >= 4 is 34.2 Å². The van der Waals surface area contributed by atoms with Crippen molar-refractivity contribution in [2.24, 2.45) is 0 Å². The Labute approximate surface area is 131 Å². The quantitative estimate of drug-likeness (QED) is 0.778. The van der Waals surface area contributed by atoms with E-state index in [4.69, 9.17) is 11.6 Å². The summed E-state index contributed by atoms with van der Waals surface area (Å²) < 4.78 is 13.3. The maximum Gasteiger partial charge on any atom is 0.258 e. The van der Waals surface area contributed by atoms with Gasteiger partial charge in [-0.1, -0.05) is 11.6 Å². The first kappa shape index (κ1) is 14.4. The summed E-state index contributed by atoms with van der Waals surface area (Å²) in [5.41, 5.74) is 1.57. The number of amides is 1. The summed E-state index contributed by atoms with van der Waals surface area (Å²) in [7, 11) is 0. The van der Waals surface area contributed by atoms with Crippen LogP contribution in [0.25, 0.3) is 10.9 Å². The van der Waals surface area contributed by atoms with Crippen LogP contribution >= 0.6 is 11.6 Å². The average Bonchev–Trinajstić information content (AvgIpc) is 2.49. The molecule has 4 nitrogen and oxygen atoms in total. The second kappa shape index (κ2) is 5.69. The fourth-order valence-corrected chi connectivity index (χ4v) is 2.22. The molecular formula is C16H11ClFN3O. The van der Waals surface area contributed by atoms with Gasteiger partial charge >= 0.3 is 0 Å². The number of aryl methyl sites for hydroxylation is 1. The van der Waals surface area contributed by atoms with E-state index in [0.29, 0.717) is 33.0 Å². The van der Waals surface area contributed by atoms with Gasteiger partial charge in [-0.05, 0) is 43.3 Å². The number of nitrogens with zero attached hydrogens (tertiary/aromatic N) is 2. The number of carbonyl (C=O) groups is 1. The Kier molecular flexibility index (Phi) is 3.73. The molecule has 3 aromatic rings. The highest BCUT2D eigenvalue weighted by Gasteiger charge is 2.13. The van der Waals surface area contributed by atoms with Crippen LogP contribution < -0.4 is 5.32 Å². The van der Waals surface area contributed by atoms with Crippen LogP contribution in [0, 0.1) is 12.7 Å². The van der Waals surface area contributed by atoms with E-state index in [9.17, 15) is 9.18 Å². The maximum atomic E-state index is 13.3. The van der Waals surface area contributed by atoms with E-state index in [1.54, 1.807) is 31.2 Å². The number of hydrogen-bond acceptors (Lipinski definition) is 3. The Morgan fingerprint density at radius 2 is 2.05 bits per heavy atom. The van der Waals surface area contributed by atoms with E-state index in [1.807, 2.05) is 0 Å². The highest BCUT2D eigenvalue weighted by molar-refractivity contribution is 6.30. The zero-order valence-electron chi connectivity index (χ0n) is 11.6. The largest absolute Gasteiger partial charge is 0.307 e. The van der Waals surface area contributed by atoms with Gasteiger partial charge in [-0.2, -0.15) is 0 Å². The second-order valence-corrected chi connectivity index (χ2v) is 5.21. The normalized spacial score (nSPS) is 10.7. The first-order chi connectivity index (χ1) is 10.5. The highest BCUT2D eigenvalue weighted by Crippen LogP contribution is 2.19. The van der Waals surface area contributed by atoms with Crippen molar-refractivity contribution in [3.8, 4) is 0 Å². The van der Waals surface area contributed by atoms with Gasteiger partial charge in [0.05, 0.1) is 21.8 Å². The third-order valence-corrected chi connectivity index (χ3v) is 3.40. The lowest BCUT2D eigenvalue weighted by atomic mass is 10.1. The van der Waals surface area contributed by atoms with E-state index < -0.39 is 0 Å². The summed E-state index contributed by atoms with van der Waals surface area (Å²) in [5, 5.41) is 3.72. The van der Waals surface area contributed by atoms with Crippen LogP contribution in [0.4, 0.5) is 10.2 Å². The van der Waals surface area contributed by atoms with Crippen LogP contribution in [0.5, 0.6) is 0 Å². The van der Waals surface area contributed by atoms with E-state index in [0.717, 1.165) is 0 Å². The summed E-state index contributed by atoms with van der Waals surface area (Å²) in [5.74, 6) is -0.344. The lowest BCUT2D eigenvalue weighted by Crippen LogP contribution is -2.15. The number of hydrogen-bond donors (Lipinski definition) is 1. The monoisotopic (exact) mass is 315 g/mol. The Morgan fingerprint density at radius 1 is 1.23 bits per heavy atom. The van der Waals surface area contributed by atoms with Crippen molar-refractivity contribution in [1.82, 2.24) is 9.97 Å². The van der Waals surface area contributed by atoms with Crippen LogP contribution in [-0.2, 0) is 0 Å². The molecule has 3 rings (SSSR count). The Balaban J connectivity index is 1.96. The molecule has 0 fully saturated rings. The van der Waals surface area contributed by atoms with Crippen LogP contribution in [0.1, 0.15) is 16.1 Å². The smallest absolute Gasteiger partial charge is 0.258 e. The molecule has 0 radical (unpaired) electrons. The Bertz CT molecular complexity index is 865.